The predicted molar refractivity (Wildman–Crippen MR) is 82.7 cm³/mol. The second-order valence-corrected chi connectivity index (χ2v) is 4.39. The molecule has 0 fully saturated rings. The van der Waals surface area contributed by atoms with Gasteiger partial charge in [0.1, 0.15) is 6.42 Å². The molecule has 0 aromatic heterocycles. The van der Waals surface area contributed by atoms with Gasteiger partial charge >= 0.3 is 33.0 Å². The average Bonchev–Trinajstić information content (AvgIpc) is 2.45. The van der Waals surface area contributed by atoms with Gasteiger partial charge in [-0.15, -0.1) is 0 Å². The molecule has 0 saturated carbocycles. The number of carboxylic acid groups (broad SMARTS) is 2. The number of benzene rings is 1. The van der Waals surface area contributed by atoms with Crippen LogP contribution in [0.1, 0.15) is 12.0 Å². The smallest absolute Gasteiger partial charge is 0.693 e. The van der Waals surface area contributed by atoms with Gasteiger partial charge in [-0.1, -0.05) is 12.1 Å². The maximum atomic E-state index is 11.4. The molecule has 1 rings (SSSR count). The molecule has 12 heteroatoms. The number of anilines is 1. The summed E-state index contributed by atoms with van der Waals surface area (Å²) in [6.07, 6.45) is -0.746. The Balaban J connectivity index is -0.00000161. The summed E-state index contributed by atoms with van der Waals surface area (Å²) < 4.78 is 0. The van der Waals surface area contributed by atoms with E-state index >= 15 is 0 Å². The molecule has 0 bridgehead atoms. The monoisotopic (exact) mass is 537 g/mol. The van der Waals surface area contributed by atoms with Gasteiger partial charge in [0.15, 0.2) is 5.92 Å². The summed E-state index contributed by atoms with van der Waals surface area (Å²) in [7, 11) is 0. The third-order valence-corrected chi connectivity index (χ3v) is 2.72. The van der Waals surface area contributed by atoms with Crippen LogP contribution in [0.25, 0.3) is 12.3 Å². The molecule has 0 atom stereocenters. The molecule has 11 nitrogen and oxygen atoms in total. The van der Waals surface area contributed by atoms with Crippen molar-refractivity contribution in [2.45, 2.75) is 12.8 Å². The molecule has 0 saturated heterocycles. The zero-order chi connectivity index (χ0) is 16.7. The van der Waals surface area contributed by atoms with Crippen molar-refractivity contribution in [2.75, 3.05) is 5.32 Å². The Morgan fingerprint density at radius 1 is 0.920 bits per heavy atom. The summed E-state index contributed by atoms with van der Waals surface area (Å²) in [4.78, 5) is 43.8. The van der Waals surface area contributed by atoms with Crippen molar-refractivity contribution in [3.8, 4) is 0 Å². The number of carboxylic acids is 2. The van der Waals surface area contributed by atoms with Gasteiger partial charge in [0.2, 0.25) is 5.91 Å². The molecule has 142 valence electrons. The molecule has 0 aliphatic rings. The molecule has 1 aromatic rings. The minimum absolute atomic E-state index is 0. The number of nitrogens with two attached hydrogens (primary N) is 2. The zero-order valence-electron chi connectivity index (χ0n) is 12.7. The van der Waals surface area contributed by atoms with Gasteiger partial charge < -0.3 is 27.8 Å². The number of hydrogen-bond acceptors (Lipinski definition) is 5. The van der Waals surface area contributed by atoms with E-state index in [4.69, 9.17) is 15.4 Å². The van der Waals surface area contributed by atoms with E-state index in [1.54, 1.807) is 0 Å². The van der Waals surface area contributed by atoms with Crippen LogP contribution < -0.4 is 10.8 Å². The van der Waals surface area contributed by atoms with E-state index in [9.17, 15) is 19.2 Å². The first-order valence-corrected chi connectivity index (χ1v) is 6.10. The van der Waals surface area contributed by atoms with Crippen molar-refractivity contribution in [1.82, 2.24) is 5.48 Å². The van der Waals surface area contributed by atoms with Crippen molar-refractivity contribution in [1.29, 1.82) is 0 Å². The van der Waals surface area contributed by atoms with Crippen LogP contribution in [-0.2, 0) is 46.7 Å². The fraction of sp³-hybridized carbons (Fsp3) is 0.231. The third kappa shape index (κ3) is 9.52. The molecular weight excluding hydrogens is 519 g/mol. The van der Waals surface area contributed by atoms with Gasteiger partial charge in [-0.3, -0.25) is 24.4 Å². The first-order chi connectivity index (χ1) is 10.3. The summed E-state index contributed by atoms with van der Waals surface area (Å²) in [5.74, 6) is -5.92. The van der Waals surface area contributed by atoms with E-state index in [2.05, 4.69) is 5.32 Å². The summed E-state index contributed by atoms with van der Waals surface area (Å²) in [5.41, 5.74) is 2.14. The zero-order valence-corrected chi connectivity index (χ0v) is 15.0. The maximum absolute atomic E-state index is 11.4. The Bertz CT molecular complexity index is 581. The summed E-state index contributed by atoms with van der Waals surface area (Å²) in [5, 5.41) is 28.3. The second-order valence-electron chi connectivity index (χ2n) is 4.39. The quantitative estimate of drug-likeness (QED) is 0.195. The molecule has 0 aliphatic carbocycles. The van der Waals surface area contributed by atoms with Crippen LogP contribution in [0, 0.1) is 5.92 Å². The second kappa shape index (κ2) is 13.0. The minimum Gasteiger partial charge on any atom is -0.693 e. The first-order valence-electron chi connectivity index (χ1n) is 6.10. The summed E-state index contributed by atoms with van der Waals surface area (Å²) in [6, 6.07) is 5.84. The molecule has 0 aliphatic heterocycles. The largest absolute Gasteiger partial charge is 2.00 e. The number of hydrogen-bond donors (Lipinski definition) is 5. The van der Waals surface area contributed by atoms with Crippen LogP contribution in [0.3, 0.4) is 0 Å². The number of hydroxylamine groups is 1. The molecule has 25 heavy (non-hydrogen) atoms. The van der Waals surface area contributed by atoms with Crippen LogP contribution in [0.15, 0.2) is 24.3 Å². The number of carbonyl (C=O) groups is 4. The molecular formula is C13H18N4O7Pt. The molecule has 0 radical (unpaired) electrons. The fourth-order valence-corrected chi connectivity index (χ4v) is 1.63. The minimum atomic E-state index is -1.55. The molecule has 9 N–H and O–H groups in total. The number of rotatable bonds is 7. The predicted octanol–water partition coefficient (Wildman–Crippen LogP) is 1.28. The fourth-order valence-electron chi connectivity index (χ4n) is 1.63. The molecule has 1 aromatic carbocycles. The average molecular weight is 537 g/mol. The van der Waals surface area contributed by atoms with Crippen LogP contribution in [0.4, 0.5) is 5.69 Å². The Morgan fingerprint density at radius 3 is 1.80 bits per heavy atom. The van der Waals surface area contributed by atoms with E-state index in [1.807, 2.05) is 0 Å². The number of nitrogens with one attached hydrogen (secondary N) is 2. The van der Waals surface area contributed by atoms with Crippen molar-refractivity contribution in [2.24, 2.45) is 5.92 Å². The molecule has 0 heterocycles. The Hall–Kier alpha value is -2.33. The Kier molecular flexibility index (Phi) is 14.3. The number of aliphatic carboxylic acids is 2. The first kappa shape index (κ1) is 27.5. The summed E-state index contributed by atoms with van der Waals surface area (Å²) in [6.45, 7) is 0. The Morgan fingerprint density at radius 2 is 1.40 bits per heavy atom. The normalized spacial score (nSPS) is 8.88. The van der Waals surface area contributed by atoms with Gasteiger partial charge in [-0.05, 0) is 24.1 Å². The maximum Gasteiger partial charge on any atom is 2.00 e. The van der Waals surface area contributed by atoms with E-state index < -0.39 is 36.1 Å². The van der Waals surface area contributed by atoms with E-state index in [0.717, 1.165) is 0 Å². The summed E-state index contributed by atoms with van der Waals surface area (Å²) >= 11 is 0. The van der Waals surface area contributed by atoms with Crippen LogP contribution in [-0.4, -0.2) is 39.2 Å². The molecule has 0 unspecified atom stereocenters. The van der Waals surface area contributed by atoms with E-state index in [1.165, 1.54) is 29.7 Å². The van der Waals surface area contributed by atoms with Crippen molar-refractivity contribution in [3.63, 3.8) is 0 Å². The van der Waals surface area contributed by atoms with Crippen molar-refractivity contribution < 1.29 is 55.7 Å². The topological polar surface area (TPSA) is 220 Å². The number of amides is 2. The standard InChI is InChI=1S/C13H14N2O7.2H2N.Pt/c16-10(6-11(17)15-22)14-8-3-1-7(2-4-8)5-9(12(18)19)13(20)21;;;/h1-4,9,22H,5-6H2,(H,14,16)(H,15,17)(H,18,19)(H,20,21);2*1H2;/q;2*-1;+2. The third-order valence-electron chi connectivity index (χ3n) is 2.72. The van der Waals surface area contributed by atoms with Gasteiger partial charge in [-0.25, -0.2) is 5.48 Å². The van der Waals surface area contributed by atoms with Gasteiger partial charge in [0, 0.05) is 5.69 Å². The Labute approximate surface area is 157 Å². The van der Waals surface area contributed by atoms with Gasteiger partial charge in [-0.2, -0.15) is 0 Å². The van der Waals surface area contributed by atoms with E-state index in [0.29, 0.717) is 11.3 Å². The van der Waals surface area contributed by atoms with Crippen LogP contribution >= 0.6 is 0 Å². The van der Waals surface area contributed by atoms with Gasteiger partial charge in [0.25, 0.3) is 5.91 Å². The van der Waals surface area contributed by atoms with Crippen LogP contribution in [0.5, 0.6) is 0 Å². The van der Waals surface area contributed by atoms with E-state index in [-0.39, 0.29) is 39.8 Å². The molecule has 0 spiro atoms. The number of carbonyl (C=O) groups excluding carboxylic acids is 2. The van der Waals surface area contributed by atoms with Crippen molar-refractivity contribution >= 4 is 29.4 Å². The van der Waals surface area contributed by atoms with Gasteiger partial charge in [0.05, 0.1) is 0 Å². The van der Waals surface area contributed by atoms with Crippen LogP contribution in [0.2, 0.25) is 0 Å². The van der Waals surface area contributed by atoms with Crippen molar-refractivity contribution in [3.05, 3.63) is 42.1 Å². The molecule has 2 amide bonds. The SMILES string of the molecule is O=C(CC(=O)Nc1ccc(CC(C(=O)O)C(=O)O)cc1)NO.[NH2-].[NH2-].[Pt+2].